The number of hydrogen-bond donors (Lipinski definition) is 1. The predicted molar refractivity (Wildman–Crippen MR) is 96.6 cm³/mol. The number of rotatable bonds is 3. The van der Waals surface area contributed by atoms with E-state index in [1.54, 1.807) is 0 Å². The number of pyridine rings is 2. The first kappa shape index (κ1) is 21.8. The van der Waals surface area contributed by atoms with Crippen molar-refractivity contribution in [1.82, 2.24) is 9.55 Å². The molecule has 0 radical (unpaired) electrons. The first-order chi connectivity index (χ1) is 14.8. The van der Waals surface area contributed by atoms with Crippen LogP contribution in [-0.4, -0.2) is 20.6 Å². The number of halogens is 7. The van der Waals surface area contributed by atoms with Crippen molar-refractivity contribution in [2.24, 2.45) is 0 Å². The van der Waals surface area contributed by atoms with Crippen LogP contribution in [0.25, 0.3) is 22.0 Å². The zero-order chi connectivity index (χ0) is 23.6. The van der Waals surface area contributed by atoms with Crippen LogP contribution in [-0.2, 0) is 12.4 Å². The molecular formula is C20H11F7N2O3. The van der Waals surface area contributed by atoms with Crippen molar-refractivity contribution in [1.29, 1.82) is 0 Å². The van der Waals surface area contributed by atoms with Gasteiger partial charge in [0.25, 0.3) is 0 Å². The minimum atomic E-state index is -5.23. The number of aromatic nitrogens is 2. The number of aromatic carboxylic acids is 1. The summed E-state index contributed by atoms with van der Waals surface area (Å²) in [6, 6.07) is 1.91. The first-order valence-corrected chi connectivity index (χ1v) is 9.06. The Bertz CT molecular complexity index is 1290. The van der Waals surface area contributed by atoms with Gasteiger partial charge in [-0.2, -0.15) is 26.3 Å². The summed E-state index contributed by atoms with van der Waals surface area (Å²) in [4.78, 5) is 26.4. The van der Waals surface area contributed by atoms with Crippen LogP contribution in [0.4, 0.5) is 30.7 Å². The molecule has 0 amide bonds. The zero-order valence-electron chi connectivity index (χ0n) is 15.7. The van der Waals surface area contributed by atoms with Crippen LogP contribution in [0, 0.1) is 5.82 Å². The number of nitrogens with zero attached hydrogens (tertiary/aromatic N) is 2. The Morgan fingerprint density at radius 3 is 2.03 bits per heavy atom. The largest absolute Gasteiger partial charge is 0.477 e. The van der Waals surface area contributed by atoms with Crippen LogP contribution in [0.5, 0.6) is 0 Å². The molecule has 0 saturated heterocycles. The fourth-order valence-corrected chi connectivity index (χ4v) is 3.37. The second-order valence-electron chi connectivity index (χ2n) is 7.29. The molecule has 0 spiro atoms. The Balaban J connectivity index is 2.03. The van der Waals surface area contributed by atoms with E-state index < -0.39 is 57.6 Å². The van der Waals surface area contributed by atoms with Gasteiger partial charge in [0.1, 0.15) is 22.8 Å². The average molecular weight is 460 g/mol. The molecule has 1 fully saturated rings. The van der Waals surface area contributed by atoms with E-state index >= 15 is 0 Å². The molecule has 1 aromatic carbocycles. The van der Waals surface area contributed by atoms with E-state index in [2.05, 4.69) is 4.98 Å². The van der Waals surface area contributed by atoms with Gasteiger partial charge in [0.15, 0.2) is 0 Å². The monoisotopic (exact) mass is 460 g/mol. The highest BCUT2D eigenvalue weighted by Crippen LogP contribution is 2.40. The molecule has 1 aliphatic carbocycles. The second kappa shape index (κ2) is 7.04. The molecule has 0 bridgehead atoms. The third-order valence-corrected chi connectivity index (χ3v) is 5.01. The maximum Gasteiger partial charge on any atom is 0.433 e. The fraction of sp³-hybridized carbons (Fsp3) is 0.250. The number of fused-ring (bicyclic) bond motifs is 1. The van der Waals surface area contributed by atoms with E-state index in [0.717, 1.165) is 12.3 Å². The highest BCUT2D eigenvalue weighted by molar-refractivity contribution is 5.94. The summed E-state index contributed by atoms with van der Waals surface area (Å²) < 4.78 is 95.0. The molecular weight excluding hydrogens is 449 g/mol. The standard InChI is InChI=1S/C20H11F7N2O3/c21-13-5-11-14(29(9-1-2-9)7-12(17(11)30)18(31)32)6-10(13)8-3-15(19(22,23)24)28-16(4-8)20(25,26)27/h3-7,9H,1-2H2,(H,31,32). The van der Waals surface area contributed by atoms with Gasteiger partial charge in [0.2, 0.25) is 5.43 Å². The molecule has 168 valence electrons. The van der Waals surface area contributed by atoms with E-state index in [4.69, 9.17) is 0 Å². The Hall–Kier alpha value is -3.44. The first-order valence-electron chi connectivity index (χ1n) is 9.06. The van der Waals surface area contributed by atoms with Crippen LogP contribution >= 0.6 is 0 Å². The Morgan fingerprint density at radius 2 is 1.56 bits per heavy atom. The third kappa shape index (κ3) is 3.80. The third-order valence-electron chi connectivity index (χ3n) is 5.01. The van der Waals surface area contributed by atoms with Gasteiger partial charge in [0.05, 0.1) is 5.52 Å². The molecule has 1 aliphatic rings. The summed E-state index contributed by atoms with van der Waals surface area (Å²) >= 11 is 0. The lowest BCUT2D eigenvalue weighted by Crippen LogP contribution is -2.19. The van der Waals surface area contributed by atoms with Crippen LogP contribution in [0.3, 0.4) is 0 Å². The van der Waals surface area contributed by atoms with E-state index in [9.17, 15) is 45.4 Å². The average Bonchev–Trinajstić information content (AvgIpc) is 3.51. The van der Waals surface area contributed by atoms with Gasteiger partial charge in [-0.3, -0.25) is 4.79 Å². The highest BCUT2D eigenvalue weighted by atomic mass is 19.4. The fourth-order valence-electron chi connectivity index (χ4n) is 3.37. The number of benzene rings is 1. The van der Waals surface area contributed by atoms with E-state index in [-0.39, 0.29) is 29.1 Å². The molecule has 2 heterocycles. The van der Waals surface area contributed by atoms with Gasteiger partial charge >= 0.3 is 18.3 Å². The van der Waals surface area contributed by atoms with Gasteiger partial charge in [-0.05, 0) is 42.7 Å². The smallest absolute Gasteiger partial charge is 0.433 e. The van der Waals surface area contributed by atoms with Gasteiger partial charge in [-0.25, -0.2) is 14.2 Å². The van der Waals surface area contributed by atoms with Crippen molar-refractivity contribution >= 4 is 16.9 Å². The lowest BCUT2D eigenvalue weighted by atomic mass is 10.0. The zero-order valence-corrected chi connectivity index (χ0v) is 15.7. The summed E-state index contributed by atoms with van der Waals surface area (Å²) in [6.07, 6.45) is -8.20. The maximum atomic E-state index is 14.8. The minimum Gasteiger partial charge on any atom is -0.477 e. The van der Waals surface area contributed by atoms with Crippen molar-refractivity contribution in [2.75, 3.05) is 0 Å². The Morgan fingerprint density at radius 1 is 1.00 bits per heavy atom. The minimum absolute atomic E-state index is 0.00201. The molecule has 3 aromatic rings. The van der Waals surface area contributed by atoms with Gasteiger partial charge in [0, 0.05) is 23.2 Å². The van der Waals surface area contributed by atoms with E-state index in [1.165, 1.54) is 4.57 Å². The van der Waals surface area contributed by atoms with Crippen LogP contribution < -0.4 is 5.43 Å². The normalized spacial score (nSPS) is 14.7. The summed E-state index contributed by atoms with van der Waals surface area (Å²) in [7, 11) is 0. The van der Waals surface area contributed by atoms with Crippen molar-refractivity contribution in [3.8, 4) is 11.1 Å². The van der Waals surface area contributed by atoms with Crippen molar-refractivity contribution in [3.63, 3.8) is 0 Å². The summed E-state index contributed by atoms with van der Waals surface area (Å²) in [6.45, 7) is 0. The Kier molecular flexibility index (Phi) is 4.79. The number of carboxylic acid groups (broad SMARTS) is 1. The van der Waals surface area contributed by atoms with Crippen LogP contribution in [0.1, 0.15) is 40.6 Å². The van der Waals surface area contributed by atoms with E-state index in [1.807, 2.05) is 0 Å². The SMILES string of the molecule is O=C(O)c1cn(C2CC2)c2cc(-c3cc(C(F)(F)F)nc(C(F)(F)F)c3)c(F)cc2c1=O. The van der Waals surface area contributed by atoms with E-state index in [0.29, 0.717) is 18.9 Å². The molecule has 4 rings (SSSR count). The molecule has 0 aliphatic heterocycles. The van der Waals surface area contributed by atoms with Crippen LogP contribution in [0.2, 0.25) is 0 Å². The highest BCUT2D eigenvalue weighted by Gasteiger charge is 2.39. The molecule has 1 saturated carbocycles. The summed E-state index contributed by atoms with van der Waals surface area (Å²) in [5.74, 6) is -2.83. The molecule has 5 nitrogen and oxygen atoms in total. The molecule has 0 unspecified atom stereocenters. The predicted octanol–water partition coefficient (Wildman–Crippen LogP) is 5.27. The molecule has 32 heavy (non-hydrogen) atoms. The van der Waals surface area contributed by atoms with Gasteiger partial charge in [-0.15, -0.1) is 0 Å². The van der Waals surface area contributed by atoms with Crippen molar-refractivity contribution in [3.05, 3.63) is 63.5 Å². The molecule has 12 heteroatoms. The summed E-state index contributed by atoms with van der Waals surface area (Å²) in [5.41, 5.74) is -6.72. The number of hydrogen-bond acceptors (Lipinski definition) is 3. The number of alkyl halides is 6. The lowest BCUT2D eigenvalue weighted by Gasteiger charge is -2.16. The van der Waals surface area contributed by atoms with Gasteiger partial charge < -0.3 is 9.67 Å². The number of carboxylic acids is 1. The van der Waals surface area contributed by atoms with Crippen molar-refractivity contribution < 1.29 is 40.6 Å². The molecule has 0 atom stereocenters. The molecule has 2 aromatic heterocycles. The maximum absolute atomic E-state index is 14.8. The quantitative estimate of drug-likeness (QED) is 0.541. The Labute approximate surface area is 173 Å². The molecule has 1 N–H and O–H groups in total. The second-order valence-corrected chi connectivity index (χ2v) is 7.29. The summed E-state index contributed by atoms with van der Waals surface area (Å²) in [5, 5.41) is 8.89. The number of carbonyl (C=O) groups is 1. The lowest BCUT2D eigenvalue weighted by molar-refractivity contribution is -0.150. The van der Waals surface area contributed by atoms with Gasteiger partial charge in [-0.1, -0.05) is 0 Å². The van der Waals surface area contributed by atoms with Crippen LogP contribution in [0.15, 0.2) is 35.3 Å². The topological polar surface area (TPSA) is 72.2 Å². The van der Waals surface area contributed by atoms with Crippen molar-refractivity contribution in [2.45, 2.75) is 31.2 Å².